The van der Waals surface area contributed by atoms with E-state index in [9.17, 15) is 13.2 Å². The van der Waals surface area contributed by atoms with Crippen LogP contribution in [-0.2, 0) is 5.41 Å². The maximum absolute atomic E-state index is 13.4. The van der Waals surface area contributed by atoms with Crippen LogP contribution < -0.4 is 0 Å². The molecule has 0 bridgehead atoms. The zero-order valence-electron chi connectivity index (χ0n) is 17.9. The van der Waals surface area contributed by atoms with Crippen molar-refractivity contribution in [3.8, 4) is 22.5 Å². The van der Waals surface area contributed by atoms with Crippen molar-refractivity contribution in [2.24, 2.45) is 0 Å². The molecule has 0 atom stereocenters. The van der Waals surface area contributed by atoms with Gasteiger partial charge in [-0.1, -0.05) is 36.7 Å². The minimum atomic E-state index is -0.852. The Hall–Kier alpha value is -3.25. The summed E-state index contributed by atoms with van der Waals surface area (Å²) in [7, 11) is 0. The van der Waals surface area contributed by atoms with Crippen molar-refractivity contribution in [3.05, 3.63) is 101 Å². The molecule has 1 saturated carbocycles. The molecule has 7 heteroatoms. The molecule has 0 unspecified atom stereocenters. The van der Waals surface area contributed by atoms with Gasteiger partial charge >= 0.3 is 0 Å². The van der Waals surface area contributed by atoms with Gasteiger partial charge in [-0.3, -0.25) is 0 Å². The lowest BCUT2D eigenvalue weighted by Crippen LogP contribution is -2.41. The molecule has 4 aromatic rings. The summed E-state index contributed by atoms with van der Waals surface area (Å²) in [5.74, 6) is -0.243. The molecule has 0 amide bonds. The van der Waals surface area contributed by atoms with E-state index in [1.807, 2.05) is 37.3 Å². The maximum Gasteiger partial charge on any atom is 0.157 e. The molecule has 1 aromatic heterocycles. The number of hydrogen-bond donors (Lipinski definition) is 0. The van der Waals surface area contributed by atoms with Crippen LogP contribution in [0.25, 0.3) is 22.5 Å². The summed E-state index contributed by atoms with van der Waals surface area (Å²) >= 11 is 5.54. The smallest absolute Gasteiger partial charge is 0.157 e. The lowest BCUT2D eigenvalue weighted by molar-refractivity contribution is 0.100. The van der Waals surface area contributed by atoms with Gasteiger partial charge in [0, 0.05) is 21.6 Å². The third kappa shape index (κ3) is 5.40. The molecule has 0 saturated heterocycles. The molecule has 0 radical (unpaired) electrons. The zero-order chi connectivity index (χ0) is 23.4. The average Bonchev–Trinajstić information content (AvgIpc) is 2.80. The number of hydrogen-bond acceptors (Lipinski definition) is 3. The van der Waals surface area contributed by atoms with E-state index in [-0.39, 0.29) is 11.6 Å². The van der Waals surface area contributed by atoms with E-state index in [0.29, 0.717) is 41.2 Å². The Bertz CT molecular complexity index is 1210. The first kappa shape index (κ1) is 22.9. The highest BCUT2D eigenvalue weighted by atomic mass is 35.5. The van der Waals surface area contributed by atoms with Gasteiger partial charge in [-0.15, -0.1) is 10.2 Å². The Labute approximate surface area is 195 Å². The molecule has 1 fully saturated rings. The number of benzene rings is 3. The predicted molar refractivity (Wildman–Crippen MR) is 124 cm³/mol. The number of aromatic nitrogens is 3. The number of halogens is 4. The third-order valence-corrected chi connectivity index (χ3v) is 5.79. The summed E-state index contributed by atoms with van der Waals surface area (Å²) in [6, 6.07) is 21.2. The first-order chi connectivity index (χ1) is 15.8. The van der Waals surface area contributed by atoms with Gasteiger partial charge in [0.25, 0.3) is 0 Å². The number of rotatable bonds is 3. The minimum absolute atomic E-state index is 0.355. The number of alkyl halides is 1. The minimum Gasteiger partial charge on any atom is -0.247 e. The van der Waals surface area contributed by atoms with Gasteiger partial charge < -0.3 is 0 Å². The standard InChI is InChI=1S/C20H16F3N3.C6H5Cl/c1-20(10-16(23)11-20)19-24-17(12-2-6-14(21)7-3-12)18(25-26-19)13-4-8-15(22)9-5-13;7-6-4-2-1-3-5-6/h2-9,16H,10-11H2,1H3;1-5H. The highest BCUT2D eigenvalue weighted by molar-refractivity contribution is 6.30. The molecule has 0 spiro atoms. The molecule has 33 heavy (non-hydrogen) atoms. The van der Waals surface area contributed by atoms with E-state index in [1.165, 1.54) is 24.3 Å². The second-order valence-electron chi connectivity index (χ2n) is 8.21. The fourth-order valence-corrected chi connectivity index (χ4v) is 3.85. The van der Waals surface area contributed by atoms with Crippen LogP contribution >= 0.6 is 11.6 Å². The molecule has 0 N–H and O–H groups in total. The summed E-state index contributed by atoms with van der Waals surface area (Å²) in [4.78, 5) is 4.64. The van der Waals surface area contributed by atoms with Gasteiger partial charge in [-0.05, 0) is 73.5 Å². The molecule has 5 rings (SSSR count). The van der Waals surface area contributed by atoms with Crippen LogP contribution in [0.2, 0.25) is 5.02 Å². The monoisotopic (exact) mass is 467 g/mol. The fraction of sp³-hybridized carbons (Fsp3) is 0.192. The average molecular weight is 468 g/mol. The molecule has 1 heterocycles. The van der Waals surface area contributed by atoms with Crippen molar-refractivity contribution in [2.45, 2.75) is 31.4 Å². The van der Waals surface area contributed by atoms with E-state index < -0.39 is 11.6 Å². The second kappa shape index (κ2) is 9.71. The van der Waals surface area contributed by atoms with Crippen LogP contribution in [0.3, 0.4) is 0 Å². The predicted octanol–water partition coefficient (Wildman–Crippen LogP) is 7.21. The second-order valence-corrected chi connectivity index (χ2v) is 8.64. The fourth-order valence-electron chi connectivity index (χ4n) is 3.71. The van der Waals surface area contributed by atoms with Crippen molar-refractivity contribution in [1.29, 1.82) is 0 Å². The van der Waals surface area contributed by atoms with Gasteiger partial charge in [-0.2, -0.15) is 0 Å². The van der Waals surface area contributed by atoms with Gasteiger partial charge in [0.15, 0.2) is 5.82 Å². The summed E-state index contributed by atoms with van der Waals surface area (Å²) in [5, 5.41) is 9.31. The molecular formula is C26H21ClF3N3. The van der Waals surface area contributed by atoms with E-state index >= 15 is 0 Å². The lowest BCUT2D eigenvalue weighted by Gasteiger charge is -2.39. The van der Waals surface area contributed by atoms with Crippen LogP contribution in [0, 0.1) is 11.6 Å². The normalized spacial score (nSPS) is 19.2. The largest absolute Gasteiger partial charge is 0.247 e. The Morgan fingerprint density at radius 1 is 0.758 bits per heavy atom. The molecule has 168 valence electrons. The summed E-state index contributed by atoms with van der Waals surface area (Å²) < 4.78 is 40.0. The molecular weight excluding hydrogens is 447 g/mol. The summed E-state index contributed by atoms with van der Waals surface area (Å²) in [5.41, 5.74) is 1.86. The Kier molecular flexibility index (Phi) is 6.75. The van der Waals surface area contributed by atoms with Gasteiger partial charge in [0.05, 0.1) is 0 Å². The first-order valence-electron chi connectivity index (χ1n) is 10.5. The molecule has 1 aliphatic carbocycles. The van der Waals surface area contributed by atoms with E-state index in [2.05, 4.69) is 15.2 Å². The van der Waals surface area contributed by atoms with Crippen molar-refractivity contribution in [2.75, 3.05) is 0 Å². The van der Waals surface area contributed by atoms with E-state index in [1.54, 1.807) is 24.3 Å². The number of nitrogens with zero attached hydrogens (tertiary/aromatic N) is 3. The molecule has 0 aliphatic heterocycles. The van der Waals surface area contributed by atoms with Crippen LogP contribution in [0.15, 0.2) is 78.9 Å². The highest BCUT2D eigenvalue weighted by Gasteiger charge is 2.45. The van der Waals surface area contributed by atoms with Crippen LogP contribution in [0.1, 0.15) is 25.6 Å². The van der Waals surface area contributed by atoms with E-state index in [0.717, 1.165) is 5.02 Å². The van der Waals surface area contributed by atoms with E-state index in [4.69, 9.17) is 11.6 Å². The van der Waals surface area contributed by atoms with Crippen molar-refractivity contribution in [1.82, 2.24) is 15.2 Å². The molecule has 3 nitrogen and oxygen atoms in total. The van der Waals surface area contributed by atoms with Crippen molar-refractivity contribution in [3.63, 3.8) is 0 Å². The van der Waals surface area contributed by atoms with Crippen LogP contribution in [-0.4, -0.2) is 21.4 Å². The zero-order valence-corrected chi connectivity index (χ0v) is 18.6. The summed E-state index contributed by atoms with van der Waals surface area (Å²) in [6.45, 7) is 1.91. The maximum atomic E-state index is 13.4. The van der Waals surface area contributed by atoms with Crippen molar-refractivity contribution >= 4 is 11.6 Å². The Morgan fingerprint density at radius 3 is 1.73 bits per heavy atom. The first-order valence-corrected chi connectivity index (χ1v) is 10.8. The van der Waals surface area contributed by atoms with Crippen LogP contribution in [0.4, 0.5) is 13.2 Å². The van der Waals surface area contributed by atoms with Gasteiger partial charge in [0.1, 0.15) is 29.2 Å². The third-order valence-electron chi connectivity index (χ3n) is 5.54. The lowest BCUT2D eigenvalue weighted by atomic mass is 9.68. The molecule has 3 aromatic carbocycles. The molecule has 1 aliphatic rings. The summed E-state index contributed by atoms with van der Waals surface area (Å²) in [6.07, 6.45) is -0.143. The quantitative estimate of drug-likeness (QED) is 0.319. The Balaban J connectivity index is 0.000000318. The van der Waals surface area contributed by atoms with Crippen molar-refractivity contribution < 1.29 is 13.2 Å². The highest BCUT2D eigenvalue weighted by Crippen LogP contribution is 2.44. The SMILES string of the molecule is CC1(c2nnc(-c3ccc(F)cc3)c(-c3ccc(F)cc3)n2)CC(F)C1.Clc1ccccc1. The van der Waals surface area contributed by atoms with Gasteiger partial charge in [0.2, 0.25) is 0 Å². The van der Waals surface area contributed by atoms with Gasteiger partial charge in [-0.25, -0.2) is 18.2 Å². The Morgan fingerprint density at radius 2 is 1.27 bits per heavy atom. The van der Waals surface area contributed by atoms with Crippen LogP contribution in [0.5, 0.6) is 0 Å². The topological polar surface area (TPSA) is 38.7 Å².